The number of aliphatic hydroxyl groups is 1. The molecule has 0 radical (unpaired) electrons. The van der Waals surface area contributed by atoms with Crippen LogP contribution in [0.3, 0.4) is 0 Å². The van der Waals surface area contributed by atoms with Gasteiger partial charge in [0.05, 0.1) is 12.8 Å². The van der Waals surface area contributed by atoms with Crippen molar-refractivity contribution in [1.82, 2.24) is 4.90 Å². The molecule has 1 aromatic carbocycles. The summed E-state index contributed by atoms with van der Waals surface area (Å²) in [5.74, 6) is -4.61. The van der Waals surface area contributed by atoms with Crippen LogP contribution in [0.4, 0.5) is 0 Å². The topological polar surface area (TPSA) is 156 Å². The Bertz CT molecular complexity index is 796. The van der Waals surface area contributed by atoms with Gasteiger partial charge in [0.25, 0.3) is 0 Å². The van der Waals surface area contributed by atoms with Crippen molar-refractivity contribution in [2.45, 2.75) is 82.7 Å². The summed E-state index contributed by atoms with van der Waals surface area (Å²) < 4.78 is 0. The summed E-state index contributed by atoms with van der Waals surface area (Å²) in [6, 6.07) is 7.96. The molecule has 192 valence electrons. The standard InChI is InChI=1S/C19H31NO.C6H8O7/c1-3-5-6-7-13-20-14-12-19(16-20,11-4-2)17-9-8-10-18(21)15-17;7-3(8)1-6(13,5(11)12)2-4(9)10/h8-10,15,21H,3-7,11-14,16H2,1-2H3;13H,1-2H2,(H,7,8)(H,9,10)(H,11,12). The summed E-state index contributed by atoms with van der Waals surface area (Å²) in [7, 11) is 0. The van der Waals surface area contributed by atoms with Crippen molar-refractivity contribution in [2.24, 2.45) is 0 Å². The predicted octanol–water partition coefficient (Wildman–Crippen LogP) is 3.47. The number of likely N-dealkylation sites (tertiary alicyclic amines) is 1. The molecule has 1 aliphatic rings. The zero-order valence-electron chi connectivity index (χ0n) is 20.2. The number of phenolic OH excluding ortho intramolecular Hbond substituents is 1. The number of carbonyl (C=O) groups is 3. The fraction of sp³-hybridized carbons (Fsp3) is 0.640. The summed E-state index contributed by atoms with van der Waals surface area (Å²) in [6.07, 6.45) is 6.74. The zero-order chi connectivity index (χ0) is 25.8. The minimum Gasteiger partial charge on any atom is -0.508 e. The number of carboxylic acids is 3. The Hall–Kier alpha value is -2.65. The van der Waals surface area contributed by atoms with Crippen LogP contribution in [0.5, 0.6) is 5.75 Å². The van der Waals surface area contributed by atoms with Gasteiger partial charge in [-0.05, 0) is 50.0 Å². The first-order chi connectivity index (χ1) is 16.0. The van der Waals surface area contributed by atoms with Gasteiger partial charge < -0.3 is 30.4 Å². The van der Waals surface area contributed by atoms with E-state index in [4.69, 9.17) is 20.4 Å². The molecule has 1 saturated heterocycles. The summed E-state index contributed by atoms with van der Waals surface area (Å²) in [5.41, 5.74) is -1.14. The number of aliphatic carboxylic acids is 3. The van der Waals surface area contributed by atoms with Crippen LogP contribution in [-0.4, -0.2) is 73.6 Å². The molecule has 0 aliphatic carbocycles. The van der Waals surface area contributed by atoms with E-state index >= 15 is 0 Å². The van der Waals surface area contributed by atoms with Crippen LogP contribution in [0.15, 0.2) is 24.3 Å². The van der Waals surface area contributed by atoms with Crippen molar-refractivity contribution < 1.29 is 39.9 Å². The van der Waals surface area contributed by atoms with E-state index in [0.717, 1.165) is 6.54 Å². The largest absolute Gasteiger partial charge is 0.508 e. The smallest absolute Gasteiger partial charge is 0.336 e. The van der Waals surface area contributed by atoms with Gasteiger partial charge in [0, 0.05) is 12.0 Å². The second-order valence-electron chi connectivity index (χ2n) is 9.15. The number of rotatable bonds is 13. The number of carboxylic acid groups (broad SMARTS) is 3. The van der Waals surface area contributed by atoms with E-state index in [2.05, 4.69) is 24.8 Å². The highest BCUT2D eigenvalue weighted by atomic mass is 16.4. The van der Waals surface area contributed by atoms with Gasteiger partial charge in [-0.15, -0.1) is 0 Å². The van der Waals surface area contributed by atoms with Crippen LogP contribution >= 0.6 is 0 Å². The molecule has 1 atom stereocenters. The van der Waals surface area contributed by atoms with E-state index in [1.165, 1.54) is 63.6 Å². The lowest BCUT2D eigenvalue weighted by Crippen LogP contribution is -2.42. The lowest BCUT2D eigenvalue weighted by Gasteiger charge is -2.30. The maximum atomic E-state index is 10.3. The number of nitrogens with zero attached hydrogens (tertiary/aromatic N) is 1. The summed E-state index contributed by atoms with van der Waals surface area (Å²) >= 11 is 0. The molecule has 1 aromatic rings. The van der Waals surface area contributed by atoms with Crippen molar-refractivity contribution in [3.05, 3.63) is 29.8 Å². The van der Waals surface area contributed by atoms with Crippen molar-refractivity contribution in [3.63, 3.8) is 0 Å². The van der Waals surface area contributed by atoms with Gasteiger partial charge in [0.1, 0.15) is 5.75 Å². The molecule has 0 amide bonds. The minimum absolute atomic E-state index is 0.262. The first kappa shape index (κ1) is 29.4. The van der Waals surface area contributed by atoms with Crippen LogP contribution in [0.25, 0.3) is 0 Å². The third-order valence-electron chi connectivity index (χ3n) is 6.23. The Morgan fingerprint density at radius 3 is 2.15 bits per heavy atom. The molecule has 1 aliphatic heterocycles. The molecule has 1 fully saturated rings. The Balaban J connectivity index is 0.000000385. The van der Waals surface area contributed by atoms with Crippen molar-refractivity contribution in [1.29, 1.82) is 0 Å². The first-order valence-corrected chi connectivity index (χ1v) is 11.9. The van der Waals surface area contributed by atoms with E-state index < -0.39 is 36.4 Å². The first-order valence-electron chi connectivity index (χ1n) is 11.9. The molecule has 1 unspecified atom stereocenters. The lowest BCUT2D eigenvalue weighted by atomic mass is 9.76. The Morgan fingerprint density at radius 1 is 1.00 bits per heavy atom. The minimum atomic E-state index is -2.74. The van der Waals surface area contributed by atoms with Gasteiger partial charge in [-0.2, -0.15) is 0 Å². The maximum Gasteiger partial charge on any atom is 0.336 e. The monoisotopic (exact) mass is 481 g/mol. The van der Waals surface area contributed by atoms with E-state index in [0.29, 0.717) is 5.75 Å². The van der Waals surface area contributed by atoms with Crippen molar-refractivity contribution >= 4 is 17.9 Å². The third-order valence-corrected chi connectivity index (χ3v) is 6.23. The predicted molar refractivity (Wildman–Crippen MR) is 127 cm³/mol. The quantitative estimate of drug-likeness (QED) is 0.266. The highest BCUT2D eigenvalue weighted by Gasteiger charge is 2.41. The molecular formula is C25H39NO8. The van der Waals surface area contributed by atoms with Crippen LogP contribution in [0.1, 0.15) is 77.2 Å². The van der Waals surface area contributed by atoms with E-state index in [1.807, 2.05) is 12.1 Å². The highest BCUT2D eigenvalue weighted by Crippen LogP contribution is 2.39. The van der Waals surface area contributed by atoms with Gasteiger partial charge in [-0.25, -0.2) is 4.79 Å². The van der Waals surface area contributed by atoms with Crippen molar-refractivity contribution in [2.75, 3.05) is 19.6 Å². The zero-order valence-corrected chi connectivity index (χ0v) is 20.2. The van der Waals surface area contributed by atoms with Crippen LogP contribution in [0, 0.1) is 0 Å². The Kier molecular flexibility index (Phi) is 12.0. The molecule has 2 rings (SSSR count). The molecule has 9 heteroatoms. The number of hydrogen-bond donors (Lipinski definition) is 5. The summed E-state index contributed by atoms with van der Waals surface area (Å²) in [5, 5.41) is 43.6. The number of phenols is 1. The number of hydrogen-bond acceptors (Lipinski definition) is 6. The molecule has 9 nitrogen and oxygen atoms in total. The highest BCUT2D eigenvalue weighted by molar-refractivity contribution is 5.88. The average molecular weight is 482 g/mol. The van der Waals surface area contributed by atoms with Crippen LogP contribution in [0.2, 0.25) is 0 Å². The van der Waals surface area contributed by atoms with Crippen LogP contribution in [-0.2, 0) is 19.8 Å². The Labute approximate surface area is 201 Å². The second-order valence-corrected chi connectivity index (χ2v) is 9.15. The lowest BCUT2D eigenvalue weighted by molar-refractivity contribution is -0.170. The average Bonchev–Trinajstić information content (AvgIpc) is 3.15. The van der Waals surface area contributed by atoms with Gasteiger partial charge >= 0.3 is 17.9 Å². The molecule has 1 heterocycles. The third kappa shape index (κ3) is 9.30. The number of aromatic hydroxyl groups is 1. The van der Waals surface area contributed by atoms with Gasteiger partial charge in [0.15, 0.2) is 5.60 Å². The number of benzene rings is 1. The maximum absolute atomic E-state index is 10.3. The molecule has 5 N–H and O–H groups in total. The Morgan fingerprint density at radius 2 is 1.65 bits per heavy atom. The number of unbranched alkanes of at least 4 members (excludes halogenated alkanes) is 3. The van der Waals surface area contributed by atoms with Gasteiger partial charge in [0.2, 0.25) is 0 Å². The van der Waals surface area contributed by atoms with Gasteiger partial charge in [-0.1, -0.05) is 51.7 Å². The van der Waals surface area contributed by atoms with Gasteiger partial charge in [-0.3, -0.25) is 9.59 Å². The molecule has 0 aromatic heterocycles. The van der Waals surface area contributed by atoms with E-state index in [1.54, 1.807) is 6.07 Å². The molecule has 0 saturated carbocycles. The molecule has 34 heavy (non-hydrogen) atoms. The second kappa shape index (κ2) is 13.9. The molecule has 0 spiro atoms. The van der Waals surface area contributed by atoms with Crippen molar-refractivity contribution in [3.8, 4) is 5.75 Å². The molecule has 0 bridgehead atoms. The summed E-state index contributed by atoms with van der Waals surface area (Å²) in [6.45, 7) is 8.15. The van der Waals surface area contributed by atoms with E-state index in [-0.39, 0.29) is 5.41 Å². The summed E-state index contributed by atoms with van der Waals surface area (Å²) in [4.78, 5) is 33.1. The molecular weight excluding hydrogens is 442 g/mol. The fourth-order valence-electron chi connectivity index (χ4n) is 4.52. The normalized spacial score (nSPS) is 18.2. The van der Waals surface area contributed by atoms with E-state index in [9.17, 15) is 19.5 Å². The SMILES string of the molecule is CCCCCCN1CCC(CCC)(c2cccc(O)c2)C1.O=C(O)CC(O)(CC(=O)O)C(=O)O. The fourth-order valence-corrected chi connectivity index (χ4v) is 4.52. The van der Waals surface area contributed by atoms with Crippen LogP contribution < -0.4 is 0 Å².